The fourth-order valence-corrected chi connectivity index (χ4v) is 4.83. The van der Waals surface area contributed by atoms with E-state index in [0.29, 0.717) is 10.6 Å². The highest BCUT2D eigenvalue weighted by Crippen LogP contribution is 2.35. The number of carbonyl (C=O) groups is 2. The Morgan fingerprint density at radius 2 is 1.88 bits per heavy atom. The Morgan fingerprint density at radius 3 is 2.59 bits per heavy atom. The van der Waals surface area contributed by atoms with E-state index in [9.17, 15) is 22.8 Å². The summed E-state index contributed by atoms with van der Waals surface area (Å²) in [5, 5.41) is 2.72. The van der Waals surface area contributed by atoms with Gasteiger partial charge in [-0.1, -0.05) is 24.3 Å². The summed E-state index contributed by atoms with van der Waals surface area (Å²) >= 11 is 2.39. The van der Waals surface area contributed by atoms with Crippen LogP contribution in [0.3, 0.4) is 0 Å². The minimum Gasteiger partial charge on any atom is -0.455 e. The molecule has 0 N–H and O–H groups in total. The average Bonchev–Trinajstić information content (AvgIpc) is 3.38. The number of nitrogens with zero attached hydrogens (tertiary/aromatic N) is 2. The molecule has 0 aliphatic rings. The van der Waals surface area contributed by atoms with E-state index >= 15 is 0 Å². The molecule has 0 aliphatic heterocycles. The van der Waals surface area contributed by atoms with Gasteiger partial charge in [0, 0.05) is 17.0 Å². The molecule has 0 fully saturated rings. The molecule has 0 atom stereocenters. The fourth-order valence-electron chi connectivity index (χ4n) is 3.01. The number of aromatic nitrogens is 1. The van der Waals surface area contributed by atoms with E-state index in [1.165, 1.54) is 30.4 Å². The lowest BCUT2D eigenvalue weighted by Gasteiger charge is -2.19. The van der Waals surface area contributed by atoms with E-state index in [2.05, 4.69) is 4.98 Å². The molecule has 1 amide bonds. The molecule has 32 heavy (non-hydrogen) atoms. The van der Waals surface area contributed by atoms with Crippen LogP contribution in [0.4, 0.5) is 24.0 Å². The monoisotopic (exact) mass is 476 g/mol. The number of alkyl halides is 3. The summed E-state index contributed by atoms with van der Waals surface area (Å²) in [6.45, 7) is 1.11. The molecule has 0 aliphatic carbocycles. The van der Waals surface area contributed by atoms with Gasteiger partial charge >= 0.3 is 12.1 Å². The molecule has 0 spiro atoms. The molecule has 4 aromatic rings. The second kappa shape index (κ2) is 8.71. The molecule has 2 heterocycles. The van der Waals surface area contributed by atoms with Crippen molar-refractivity contribution in [3.05, 3.63) is 76.1 Å². The Labute approximate surface area is 188 Å². The number of ether oxygens (including phenoxy) is 1. The van der Waals surface area contributed by atoms with Gasteiger partial charge in [0.2, 0.25) is 5.91 Å². The minimum atomic E-state index is -4.53. The first-order chi connectivity index (χ1) is 15.2. The number of benzene rings is 2. The number of anilines is 2. The zero-order valence-electron chi connectivity index (χ0n) is 16.6. The summed E-state index contributed by atoms with van der Waals surface area (Å²) in [5.74, 6) is -0.991. The Morgan fingerprint density at radius 1 is 1.09 bits per heavy atom. The highest BCUT2D eigenvalue weighted by atomic mass is 32.1. The van der Waals surface area contributed by atoms with Gasteiger partial charge in [0.25, 0.3) is 0 Å². The number of rotatable bonds is 5. The third-order valence-electron chi connectivity index (χ3n) is 4.46. The molecular formula is C22H15F3N2O3S2. The molecule has 0 radical (unpaired) electrons. The molecular weight excluding hydrogens is 461 g/mol. The van der Waals surface area contributed by atoms with Crippen molar-refractivity contribution in [3.63, 3.8) is 0 Å². The summed E-state index contributed by atoms with van der Waals surface area (Å²) in [6.07, 6.45) is -4.53. The normalized spacial score (nSPS) is 11.5. The molecule has 0 saturated heterocycles. The number of halogens is 3. The molecule has 5 nitrogen and oxygen atoms in total. The number of amides is 1. The van der Waals surface area contributed by atoms with Crippen LogP contribution in [0.25, 0.3) is 10.1 Å². The van der Waals surface area contributed by atoms with Crippen molar-refractivity contribution >= 4 is 55.5 Å². The Balaban J connectivity index is 1.50. The van der Waals surface area contributed by atoms with Crippen LogP contribution in [0.15, 0.2) is 60.0 Å². The van der Waals surface area contributed by atoms with Gasteiger partial charge < -0.3 is 4.74 Å². The maximum Gasteiger partial charge on any atom is 0.416 e. The van der Waals surface area contributed by atoms with Gasteiger partial charge in [0.05, 0.1) is 16.9 Å². The van der Waals surface area contributed by atoms with Crippen LogP contribution >= 0.6 is 22.7 Å². The standard InChI is InChI=1S/C22H15F3N2O3S2/c1-13(28)27(17-7-4-6-15(10-17)22(23,24)25)21-26-16(12-31-21)11-30-20(29)19-9-14-5-2-3-8-18(14)32-19/h2-10,12H,11H2,1H3. The lowest BCUT2D eigenvalue weighted by atomic mass is 10.2. The van der Waals surface area contributed by atoms with Crippen molar-refractivity contribution in [2.45, 2.75) is 19.7 Å². The molecule has 0 bridgehead atoms. The number of esters is 1. The van der Waals surface area contributed by atoms with Crippen LogP contribution in [-0.4, -0.2) is 16.9 Å². The molecule has 4 rings (SSSR count). The first-order valence-corrected chi connectivity index (χ1v) is 11.0. The topological polar surface area (TPSA) is 59.5 Å². The molecule has 0 unspecified atom stereocenters. The number of thiazole rings is 1. The maximum absolute atomic E-state index is 13.1. The van der Waals surface area contributed by atoms with Gasteiger partial charge in [-0.25, -0.2) is 9.78 Å². The van der Waals surface area contributed by atoms with E-state index < -0.39 is 23.6 Å². The Kier molecular flexibility index (Phi) is 5.98. The van der Waals surface area contributed by atoms with Crippen molar-refractivity contribution < 1.29 is 27.5 Å². The number of hydrogen-bond donors (Lipinski definition) is 0. The van der Waals surface area contributed by atoms with Crippen molar-refractivity contribution in [2.24, 2.45) is 0 Å². The molecule has 0 saturated carbocycles. The predicted molar refractivity (Wildman–Crippen MR) is 117 cm³/mol. The van der Waals surface area contributed by atoms with Gasteiger partial charge in [-0.3, -0.25) is 9.69 Å². The van der Waals surface area contributed by atoms with Gasteiger partial charge in [-0.15, -0.1) is 22.7 Å². The molecule has 2 aromatic heterocycles. The summed E-state index contributed by atoms with van der Waals surface area (Å²) in [6, 6.07) is 13.8. The quantitative estimate of drug-likeness (QED) is 0.312. The van der Waals surface area contributed by atoms with E-state index in [4.69, 9.17) is 4.74 Å². The predicted octanol–water partition coefficient (Wildman–Crippen LogP) is 6.42. The van der Waals surface area contributed by atoms with Crippen molar-refractivity contribution in [1.29, 1.82) is 0 Å². The highest BCUT2D eigenvalue weighted by molar-refractivity contribution is 7.20. The van der Waals surface area contributed by atoms with Crippen LogP contribution in [0.1, 0.15) is 27.9 Å². The van der Waals surface area contributed by atoms with Crippen LogP contribution in [0, 0.1) is 0 Å². The minimum absolute atomic E-state index is 0.0514. The second-order valence-electron chi connectivity index (χ2n) is 6.75. The lowest BCUT2D eigenvalue weighted by molar-refractivity contribution is -0.137. The highest BCUT2D eigenvalue weighted by Gasteiger charge is 2.31. The third-order valence-corrected chi connectivity index (χ3v) is 6.43. The zero-order chi connectivity index (χ0) is 22.9. The molecule has 10 heteroatoms. The first-order valence-electron chi connectivity index (χ1n) is 9.30. The van der Waals surface area contributed by atoms with E-state index in [1.807, 2.05) is 24.3 Å². The van der Waals surface area contributed by atoms with Crippen LogP contribution in [-0.2, 0) is 22.3 Å². The van der Waals surface area contributed by atoms with Crippen molar-refractivity contribution in [1.82, 2.24) is 4.98 Å². The average molecular weight is 477 g/mol. The summed E-state index contributed by atoms with van der Waals surface area (Å²) in [4.78, 5) is 30.4. The zero-order valence-corrected chi connectivity index (χ0v) is 18.2. The smallest absolute Gasteiger partial charge is 0.416 e. The maximum atomic E-state index is 13.1. The number of fused-ring (bicyclic) bond motifs is 1. The van der Waals surface area contributed by atoms with Gasteiger partial charge in [-0.2, -0.15) is 13.2 Å². The lowest BCUT2D eigenvalue weighted by Crippen LogP contribution is -2.23. The van der Waals surface area contributed by atoms with Crippen molar-refractivity contribution in [3.8, 4) is 0 Å². The number of thiophene rings is 1. The van der Waals surface area contributed by atoms with E-state index in [1.54, 1.807) is 11.4 Å². The van der Waals surface area contributed by atoms with Crippen LogP contribution < -0.4 is 4.90 Å². The Bertz CT molecular complexity index is 1260. The molecule has 164 valence electrons. The molecule has 2 aromatic carbocycles. The summed E-state index contributed by atoms with van der Waals surface area (Å²) in [5.41, 5.74) is -0.427. The fraction of sp³-hybridized carbons (Fsp3) is 0.136. The SMILES string of the molecule is CC(=O)N(c1cccc(C(F)(F)F)c1)c1nc(COC(=O)c2cc3ccccc3s2)cs1. The first kappa shape index (κ1) is 22.0. The van der Waals surface area contributed by atoms with Gasteiger partial charge in [0.1, 0.15) is 11.5 Å². The largest absolute Gasteiger partial charge is 0.455 e. The Hall–Kier alpha value is -3.24. The summed E-state index contributed by atoms with van der Waals surface area (Å²) in [7, 11) is 0. The second-order valence-corrected chi connectivity index (χ2v) is 8.67. The van der Waals surface area contributed by atoms with Crippen LogP contribution in [0.5, 0.6) is 0 Å². The third kappa shape index (κ3) is 4.66. The van der Waals surface area contributed by atoms with Crippen molar-refractivity contribution in [2.75, 3.05) is 4.90 Å². The number of hydrogen-bond acceptors (Lipinski definition) is 6. The number of carbonyl (C=O) groups excluding carboxylic acids is 2. The summed E-state index contributed by atoms with van der Waals surface area (Å²) < 4.78 is 45.5. The van der Waals surface area contributed by atoms with Gasteiger partial charge in [0.15, 0.2) is 5.13 Å². The van der Waals surface area contributed by atoms with E-state index in [-0.39, 0.29) is 17.4 Å². The van der Waals surface area contributed by atoms with Gasteiger partial charge in [-0.05, 0) is 35.7 Å². The van der Waals surface area contributed by atoms with E-state index in [0.717, 1.165) is 38.5 Å². The van der Waals surface area contributed by atoms with Crippen LogP contribution in [0.2, 0.25) is 0 Å².